The lowest BCUT2D eigenvalue weighted by Gasteiger charge is -2.11. The Hall–Kier alpha value is -0.960. The van der Waals surface area contributed by atoms with E-state index in [1.54, 1.807) is 12.2 Å². The van der Waals surface area contributed by atoms with E-state index >= 15 is 0 Å². The fourth-order valence-electron chi connectivity index (χ4n) is 0.877. The number of ether oxygens (including phenoxy) is 1. The molecule has 0 radical (unpaired) electrons. The minimum atomic E-state index is -0.462. The Morgan fingerprint density at radius 1 is 1.58 bits per heavy atom. The molecule has 0 spiro atoms. The van der Waals surface area contributed by atoms with Gasteiger partial charge in [-0.05, 0) is 18.6 Å². The highest BCUT2D eigenvalue weighted by Gasteiger charge is 2.05. The van der Waals surface area contributed by atoms with E-state index in [1.165, 1.54) is 0 Å². The molecule has 1 aliphatic carbocycles. The fraction of sp³-hybridized carbons (Fsp3) is 0.375. The Kier molecular flexibility index (Phi) is 3.17. The lowest BCUT2D eigenvalue weighted by molar-refractivity contribution is -0.121. The van der Waals surface area contributed by atoms with Gasteiger partial charge in [-0.3, -0.25) is 4.79 Å². The minimum absolute atomic E-state index is 0.0582. The van der Waals surface area contributed by atoms with Gasteiger partial charge in [-0.15, -0.1) is 0 Å². The topological polar surface area (TPSA) is 52.3 Å². The van der Waals surface area contributed by atoms with Crippen LogP contribution in [-0.2, 0) is 9.53 Å². The summed E-state index contributed by atoms with van der Waals surface area (Å²) >= 11 is 5.71. The van der Waals surface area contributed by atoms with Crippen molar-refractivity contribution < 1.29 is 9.53 Å². The molecule has 0 saturated carbocycles. The van der Waals surface area contributed by atoms with Gasteiger partial charge >= 0.3 is 0 Å². The average Bonchev–Trinajstić information content (AvgIpc) is 2.03. The average molecular weight is 188 g/mol. The van der Waals surface area contributed by atoms with Crippen LogP contribution in [0.1, 0.15) is 12.8 Å². The molecule has 0 aliphatic heterocycles. The van der Waals surface area contributed by atoms with E-state index in [-0.39, 0.29) is 6.61 Å². The third kappa shape index (κ3) is 2.96. The van der Waals surface area contributed by atoms with E-state index < -0.39 is 5.91 Å². The summed E-state index contributed by atoms with van der Waals surface area (Å²) < 4.78 is 5.08. The lowest BCUT2D eigenvalue weighted by atomic mass is 10.1. The minimum Gasteiger partial charge on any atom is -0.488 e. The first kappa shape index (κ1) is 9.13. The molecule has 0 unspecified atom stereocenters. The number of hydrogen-bond acceptors (Lipinski definition) is 2. The number of amides is 1. The van der Waals surface area contributed by atoms with Gasteiger partial charge in [-0.1, -0.05) is 11.6 Å². The molecule has 0 saturated heterocycles. The zero-order valence-corrected chi connectivity index (χ0v) is 7.30. The van der Waals surface area contributed by atoms with Crippen molar-refractivity contribution in [2.24, 2.45) is 5.73 Å². The third-order valence-electron chi connectivity index (χ3n) is 1.46. The molecule has 0 aromatic heterocycles. The molecule has 0 heterocycles. The summed E-state index contributed by atoms with van der Waals surface area (Å²) in [4.78, 5) is 10.3. The molecule has 3 nitrogen and oxygen atoms in total. The van der Waals surface area contributed by atoms with Crippen LogP contribution < -0.4 is 5.73 Å². The van der Waals surface area contributed by atoms with Crippen molar-refractivity contribution >= 4 is 17.5 Å². The monoisotopic (exact) mass is 187 g/mol. The van der Waals surface area contributed by atoms with Crippen LogP contribution in [0.4, 0.5) is 0 Å². The summed E-state index contributed by atoms with van der Waals surface area (Å²) in [5, 5.41) is 0.807. The molecule has 0 fully saturated rings. The van der Waals surface area contributed by atoms with Crippen LogP contribution >= 0.6 is 11.6 Å². The Bertz CT molecular complexity index is 245. The molecule has 12 heavy (non-hydrogen) atoms. The summed E-state index contributed by atoms with van der Waals surface area (Å²) in [5.74, 6) is 0.301. The molecule has 0 atom stereocenters. The zero-order chi connectivity index (χ0) is 8.97. The summed E-state index contributed by atoms with van der Waals surface area (Å²) in [6.45, 7) is -0.0582. The van der Waals surface area contributed by atoms with E-state index in [9.17, 15) is 4.79 Å². The predicted octanol–water partition coefficient (Wildman–Crippen LogP) is 1.29. The number of primary amides is 1. The highest BCUT2D eigenvalue weighted by Crippen LogP contribution is 2.21. The second kappa shape index (κ2) is 4.16. The maximum Gasteiger partial charge on any atom is 0.255 e. The number of rotatable bonds is 3. The van der Waals surface area contributed by atoms with Gasteiger partial charge in [0, 0.05) is 11.5 Å². The van der Waals surface area contributed by atoms with Gasteiger partial charge in [0.05, 0.1) is 5.76 Å². The molecule has 1 aliphatic rings. The van der Waals surface area contributed by atoms with Gasteiger partial charge < -0.3 is 10.5 Å². The van der Waals surface area contributed by atoms with Gasteiger partial charge in [0.25, 0.3) is 5.91 Å². The summed E-state index contributed by atoms with van der Waals surface area (Å²) in [7, 11) is 0. The number of carbonyl (C=O) groups is 1. The highest BCUT2D eigenvalue weighted by atomic mass is 35.5. The lowest BCUT2D eigenvalue weighted by Crippen LogP contribution is -2.18. The van der Waals surface area contributed by atoms with E-state index in [0.29, 0.717) is 0 Å². The van der Waals surface area contributed by atoms with Gasteiger partial charge in [0.1, 0.15) is 0 Å². The van der Waals surface area contributed by atoms with Crippen molar-refractivity contribution in [1.82, 2.24) is 0 Å². The highest BCUT2D eigenvalue weighted by molar-refractivity contribution is 6.29. The molecule has 66 valence electrons. The first-order chi connectivity index (χ1) is 5.68. The van der Waals surface area contributed by atoms with Crippen molar-refractivity contribution in [2.45, 2.75) is 12.8 Å². The number of allylic oxidation sites excluding steroid dienone is 4. The third-order valence-corrected chi connectivity index (χ3v) is 1.78. The van der Waals surface area contributed by atoms with Crippen molar-refractivity contribution in [1.29, 1.82) is 0 Å². The van der Waals surface area contributed by atoms with Crippen LogP contribution in [0.25, 0.3) is 0 Å². The summed E-state index contributed by atoms with van der Waals surface area (Å²) in [6.07, 6.45) is 5.03. The fourth-order valence-corrected chi connectivity index (χ4v) is 1.03. The van der Waals surface area contributed by atoms with Crippen molar-refractivity contribution in [3.63, 3.8) is 0 Å². The number of carbonyl (C=O) groups excluding carboxylic acids is 1. The molecular formula is C8H10ClNO2. The molecule has 0 aromatic carbocycles. The molecule has 0 bridgehead atoms. The van der Waals surface area contributed by atoms with E-state index in [0.717, 1.165) is 23.6 Å². The Morgan fingerprint density at radius 3 is 2.83 bits per heavy atom. The first-order valence-electron chi connectivity index (χ1n) is 3.65. The Morgan fingerprint density at radius 2 is 2.33 bits per heavy atom. The predicted molar refractivity (Wildman–Crippen MR) is 46.4 cm³/mol. The smallest absolute Gasteiger partial charge is 0.255 e. The first-order valence-corrected chi connectivity index (χ1v) is 4.02. The van der Waals surface area contributed by atoms with Gasteiger partial charge in [-0.2, -0.15) is 0 Å². The number of nitrogens with two attached hydrogens (primary N) is 1. The van der Waals surface area contributed by atoms with Crippen molar-refractivity contribution in [3.05, 3.63) is 22.9 Å². The van der Waals surface area contributed by atoms with Crippen LogP contribution in [0.5, 0.6) is 0 Å². The Balaban J connectivity index is 2.39. The number of halogens is 1. The van der Waals surface area contributed by atoms with Crippen LogP contribution in [0.3, 0.4) is 0 Å². The maximum atomic E-state index is 10.3. The second-order valence-corrected chi connectivity index (χ2v) is 2.99. The van der Waals surface area contributed by atoms with E-state index in [4.69, 9.17) is 22.1 Å². The number of hydrogen-bond donors (Lipinski definition) is 1. The van der Waals surface area contributed by atoms with Gasteiger partial charge in [0.2, 0.25) is 0 Å². The molecule has 1 amide bonds. The quantitative estimate of drug-likeness (QED) is 0.724. The summed E-state index contributed by atoms with van der Waals surface area (Å²) in [5.41, 5.74) is 4.90. The van der Waals surface area contributed by atoms with Crippen molar-refractivity contribution in [2.75, 3.05) is 6.61 Å². The molecule has 0 aromatic rings. The standard InChI is InChI=1S/C8H10ClNO2/c9-6-1-3-7(4-2-6)12-5-8(10)11/h1,3H,2,4-5H2,(H2,10,11). The van der Waals surface area contributed by atoms with E-state index in [2.05, 4.69) is 0 Å². The van der Waals surface area contributed by atoms with Crippen LogP contribution in [-0.4, -0.2) is 12.5 Å². The molecule has 1 rings (SSSR count). The normalized spacial score (nSPS) is 16.4. The molecular weight excluding hydrogens is 178 g/mol. The Labute approximate surface area is 75.8 Å². The maximum absolute atomic E-state index is 10.3. The zero-order valence-electron chi connectivity index (χ0n) is 6.55. The van der Waals surface area contributed by atoms with Crippen LogP contribution in [0.2, 0.25) is 0 Å². The van der Waals surface area contributed by atoms with Crippen molar-refractivity contribution in [3.8, 4) is 0 Å². The SMILES string of the molecule is NC(=O)COC1=CC=C(Cl)CC1. The molecule has 2 N–H and O–H groups in total. The van der Waals surface area contributed by atoms with E-state index in [1.807, 2.05) is 0 Å². The molecule has 4 heteroatoms. The summed E-state index contributed by atoms with van der Waals surface area (Å²) in [6, 6.07) is 0. The largest absolute Gasteiger partial charge is 0.488 e. The second-order valence-electron chi connectivity index (χ2n) is 2.50. The van der Waals surface area contributed by atoms with Crippen LogP contribution in [0.15, 0.2) is 22.9 Å². The van der Waals surface area contributed by atoms with Gasteiger partial charge in [0.15, 0.2) is 6.61 Å². The van der Waals surface area contributed by atoms with Crippen LogP contribution in [0, 0.1) is 0 Å². The van der Waals surface area contributed by atoms with Gasteiger partial charge in [-0.25, -0.2) is 0 Å².